The molecule has 1 saturated heterocycles. The quantitative estimate of drug-likeness (QED) is 0.913. The molecule has 2 aliphatic rings. The van der Waals surface area contributed by atoms with Crippen LogP contribution in [0, 0.1) is 5.82 Å². The van der Waals surface area contributed by atoms with E-state index in [0.717, 1.165) is 32.7 Å². The van der Waals surface area contributed by atoms with Crippen molar-refractivity contribution < 1.29 is 4.39 Å². The number of hydrogen-bond acceptors (Lipinski definition) is 2. The van der Waals surface area contributed by atoms with Crippen LogP contribution in [-0.2, 0) is 5.41 Å². The van der Waals surface area contributed by atoms with Crippen molar-refractivity contribution in [3.05, 3.63) is 35.6 Å². The van der Waals surface area contributed by atoms with Gasteiger partial charge in [0.1, 0.15) is 5.82 Å². The molecule has 0 atom stereocenters. The highest BCUT2D eigenvalue weighted by Crippen LogP contribution is 2.40. The van der Waals surface area contributed by atoms with E-state index in [-0.39, 0.29) is 11.2 Å². The highest BCUT2D eigenvalue weighted by atomic mass is 19.1. The number of nitrogens with zero attached hydrogens (tertiary/aromatic N) is 1. The summed E-state index contributed by atoms with van der Waals surface area (Å²) in [6.45, 7) is 5.62. The molecule has 0 unspecified atom stereocenters. The van der Waals surface area contributed by atoms with E-state index in [9.17, 15) is 4.39 Å². The number of hydrogen-bond donors (Lipinski definition) is 1. The molecule has 110 valence electrons. The summed E-state index contributed by atoms with van der Waals surface area (Å²) in [6, 6.07) is 7.29. The predicted molar refractivity (Wildman–Crippen MR) is 80.5 cm³/mol. The standard InChI is InChI=1S/C17H25FN2/c18-16-6-4-15(5-7-16)17(8-2-1-3-9-17)14-20-12-10-19-11-13-20/h4-7,19H,1-3,8-14H2. The molecule has 1 saturated carbocycles. The number of nitrogens with one attached hydrogen (secondary N) is 1. The Kier molecular flexibility index (Phi) is 4.37. The lowest BCUT2D eigenvalue weighted by Crippen LogP contribution is -2.50. The minimum absolute atomic E-state index is 0.123. The molecular weight excluding hydrogens is 251 g/mol. The van der Waals surface area contributed by atoms with Gasteiger partial charge in [-0.1, -0.05) is 31.4 Å². The fraction of sp³-hybridized carbons (Fsp3) is 0.647. The predicted octanol–water partition coefficient (Wildman–Crippen LogP) is 2.93. The van der Waals surface area contributed by atoms with E-state index in [0.29, 0.717) is 0 Å². The number of halogens is 1. The topological polar surface area (TPSA) is 15.3 Å². The summed E-state index contributed by atoms with van der Waals surface area (Å²) in [4.78, 5) is 2.59. The van der Waals surface area contributed by atoms with Crippen LogP contribution in [-0.4, -0.2) is 37.6 Å². The van der Waals surface area contributed by atoms with Gasteiger partial charge in [0, 0.05) is 38.1 Å². The molecule has 1 heterocycles. The van der Waals surface area contributed by atoms with Crippen LogP contribution in [0.1, 0.15) is 37.7 Å². The first-order chi connectivity index (χ1) is 9.78. The van der Waals surface area contributed by atoms with Gasteiger partial charge in [0.25, 0.3) is 0 Å². The minimum atomic E-state index is -0.123. The average molecular weight is 276 g/mol. The first-order valence-corrected chi connectivity index (χ1v) is 7.98. The molecule has 1 aliphatic heterocycles. The molecule has 3 heteroatoms. The molecule has 0 spiro atoms. The van der Waals surface area contributed by atoms with Crippen LogP contribution in [0.25, 0.3) is 0 Å². The van der Waals surface area contributed by atoms with Gasteiger partial charge in [0.2, 0.25) is 0 Å². The second-order valence-corrected chi connectivity index (χ2v) is 6.37. The van der Waals surface area contributed by atoms with Crippen molar-refractivity contribution in [2.24, 2.45) is 0 Å². The van der Waals surface area contributed by atoms with Gasteiger partial charge >= 0.3 is 0 Å². The summed E-state index contributed by atoms with van der Waals surface area (Å²) in [5.41, 5.74) is 1.60. The zero-order chi connectivity index (χ0) is 13.8. The summed E-state index contributed by atoms with van der Waals surface area (Å²) in [5, 5.41) is 3.42. The first kappa shape index (κ1) is 14.0. The second-order valence-electron chi connectivity index (χ2n) is 6.37. The summed E-state index contributed by atoms with van der Waals surface area (Å²) in [7, 11) is 0. The molecule has 1 aliphatic carbocycles. The molecule has 1 aromatic carbocycles. The third-order valence-corrected chi connectivity index (χ3v) is 5.00. The van der Waals surface area contributed by atoms with Gasteiger partial charge < -0.3 is 5.32 Å². The molecule has 2 fully saturated rings. The Morgan fingerprint density at radius 1 is 1.00 bits per heavy atom. The second kappa shape index (κ2) is 6.23. The van der Waals surface area contributed by atoms with Crippen LogP contribution >= 0.6 is 0 Å². The molecule has 0 bridgehead atoms. The summed E-state index contributed by atoms with van der Waals surface area (Å²) < 4.78 is 13.2. The zero-order valence-electron chi connectivity index (χ0n) is 12.2. The maximum absolute atomic E-state index is 13.2. The molecule has 1 aromatic rings. The van der Waals surface area contributed by atoms with Crippen LogP contribution in [0.5, 0.6) is 0 Å². The fourth-order valence-electron chi connectivity index (χ4n) is 3.87. The van der Waals surface area contributed by atoms with E-state index in [1.165, 1.54) is 37.7 Å². The van der Waals surface area contributed by atoms with Gasteiger partial charge in [0.15, 0.2) is 0 Å². The SMILES string of the molecule is Fc1ccc(C2(CN3CCNCC3)CCCCC2)cc1. The smallest absolute Gasteiger partial charge is 0.123 e. The molecule has 3 rings (SSSR count). The highest BCUT2D eigenvalue weighted by molar-refractivity contribution is 5.27. The lowest BCUT2D eigenvalue weighted by Gasteiger charge is -2.43. The van der Waals surface area contributed by atoms with Crippen LogP contribution in [0.4, 0.5) is 4.39 Å². The molecule has 2 nitrogen and oxygen atoms in total. The van der Waals surface area contributed by atoms with E-state index in [2.05, 4.69) is 10.2 Å². The highest BCUT2D eigenvalue weighted by Gasteiger charge is 2.35. The Balaban J connectivity index is 1.81. The van der Waals surface area contributed by atoms with Crippen molar-refractivity contribution in [1.29, 1.82) is 0 Å². The molecular formula is C17H25FN2. The molecule has 1 N–H and O–H groups in total. The summed E-state index contributed by atoms with van der Waals surface area (Å²) >= 11 is 0. The fourth-order valence-corrected chi connectivity index (χ4v) is 3.87. The molecule has 0 aromatic heterocycles. The molecule has 20 heavy (non-hydrogen) atoms. The van der Waals surface area contributed by atoms with Crippen molar-refractivity contribution in [3.8, 4) is 0 Å². The summed E-state index contributed by atoms with van der Waals surface area (Å²) in [5.74, 6) is -0.123. The Labute approximate surface area is 121 Å². The van der Waals surface area contributed by atoms with Crippen molar-refractivity contribution in [3.63, 3.8) is 0 Å². The van der Waals surface area contributed by atoms with Crippen LogP contribution in [0.2, 0.25) is 0 Å². The van der Waals surface area contributed by atoms with Crippen LogP contribution in [0.15, 0.2) is 24.3 Å². The van der Waals surface area contributed by atoms with E-state index < -0.39 is 0 Å². The van der Waals surface area contributed by atoms with Crippen molar-refractivity contribution in [2.45, 2.75) is 37.5 Å². The first-order valence-electron chi connectivity index (χ1n) is 7.98. The Bertz CT molecular complexity index is 417. The number of piperazine rings is 1. The maximum Gasteiger partial charge on any atom is 0.123 e. The van der Waals surface area contributed by atoms with E-state index in [1.807, 2.05) is 12.1 Å². The van der Waals surface area contributed by atoms with Gasteiger partial charge in [-0.3, -0.25) is 4.90 Å². The van der Waals surface area contributed by atoms with Gasteiger partial charge in [-0.15, -0.1) is 0 Å². The van der Waals surface area contributed by atoms with Crippen molar-refractivity contribution in [2.75, 3.05) is 32.7 Å². The third kappa shape index (κ3) is 3.04. The van der Waals surface area contributed by atoms with Crippen LogP contribution < -0.4 is 5.32 Å². The molecule has 0 amide bonds. The van der Waals surface area contributed by atoms with E-state index in [4.69, 9.17) is 0 Å². The zero-order valence-corrected chi connectivity index (χ0v) is 12.2. The lowest BCUT2D eigenvalue weighted by molar-refractivity contribution is 0.154. The van der Waals surface area contributed by atoms with Crippen molar-refractivity contribution >= 4 is 0 Å². The monoisotopic (exact) mass is 276 g/mol. The average Bonchev–Trinajstić information content (AvgIpc) is 2.50. The Morgan fingerprint density at radius 2 is 1.65 bits per heavy atom. The van der Waals surface area contributed by atoms with Gasteiger partial charge in [0.05, 0.1) is 0 Å². The minimum Gasteiger partial charge on any atom is -0.314 e. The van der Waals surface area contributed by atoms with Gasteiger partial charge in [-0.25, -0.2) is 4.39 Å². The lowest BCUT2D eigenvalue weighted by atomic mass is 9.69. The number of rotatable bonds is 3. The third-order valence-electron chi connectivity index (χ3n) is 5.00. The van der Waals surface area contributed by atoms with E-state index >= 15 is 0 Å². The van der Waals surface area contributed by atoms with E-state index in [1.54, 1.807) is 12.1 Å². The summed E-state index contributed by atoms with van der Waals surface area (Å²) in [6.07, 6.45) is 6.47. The van der Waals surface area contributed by atoms with Crippen molar-refractivity contribution in [1.82, 2.24) is 10.2 Å². The Hall–Kier alpha value is -0.930. The Morgan fingerprint density at radius 3 is 2.30 bits per heavy atom. The normalized spacial score (nSPS) is 23.6. The number of benzene rings is 1. The van der Waals surface area contributed by atoms with Gasteiger partial charge in [-0.2, -0.15) is 0 Å². The maximum atomic E-state index is 13.2. The largest absolute Gasteiger partial charge is 0.314 e. The van der Waals surface area contributed by atoms with Gasteiger partial charge in [-0.05, 0) is 30.5 Å². The van der Waals surface area contributed by atoms with Crippen LogP contribution in [0.3, 0.4) is 0 Å². The molecule has 0 radical (unpaired) electrons.